The van der Waals surface area contributed by atoms with Gasteiger partial charge >= 0.3 is 0 Å². The molecule has 2 aromatic carbocycles. The Balaban J connectivity index is 1.31. The molecule has 1 aliphatic carbocycles. The molecule has 0 aliphatic heterocycles. The predicted molar refractivity (Wildman–Crippen MR) is 144 cm³/mol. The van der Waals surface area contributed by atoms with Crippen LogP contribution in [0.3, 0.4) is 0 Å². The van der Waals surface area contributed by atoms with Crippen LogP contribution in [0.4, 0.5) is 10.1 Å². The number of aliphatic imine (C=N–C) groups is 2. The van der Waals surface area contributed by atoms with Gasteiger partial charge in [-0.05, 0) is 72.5 Å². The largest absolute Gasteiger partial charge is 0.487 e. The minimum atomic E-state index is -0.304. The maximum Gasteiger partial charge on any atom is 0.138 e. The first-order valence-corrected chi connectivity index (χ1v) is 11.8. The van der Waals surface area contributed by atoms with Gasteiger partial charge in [0.05, 0.1) is 17.3 Å². The molecule has 0 fully saturated rings. The van der Waals surface area contributed by atoms with E-state index in [0.717, 1.165) is 40.2 Å². The second kappa shape index (κ2) is 12.2. The van der Waals surface area contributed by atoms with E-state index in [4.69, 9.17) is 16.3 Å². The molecule has 0 saturated heterocycles. The number of nitrogens with zero attached hydrogens (tertiary/aromatic N) is 2. The number of H-pyrrole nitrogens is 1. The Hall–Kier alpha value is -3.94. The second-order valence-corrected chi connectivity index (χ2v) is 8.48. The number of hydrogen-bond donors (Lipinski definition) is 3. The van der Waals surface area contributed by atoms with Crippen LogP contribution in [0.5, 0.6) is 5.75 Å². The van der Waals surface area contributed by atoms with Crippen molar-refractivity contribution in [3.8, 4) is 5.75 Å². The molecule has 4 rings (SSSR count). The first-order valence-electron chi connectivity index (χ1n) is 11.4. The topological polar surface area (TPSA) is 82.0 Å². The lowest BCUT2D eigenvalue weighted by molar-refractivity contribution is 0.277. The summed E-state index contributed by atoms with van der Waals surface area (Å²) in [5.74, 6) is 0.848. The third kappa shape index (κ3) is 7.04. The van der Waals surface area contributed by atoms with Gasteiger partial charge < -0.3 is 20.1 Å². The molecule has 36 heavy (non-hydrogen) atoms. The second-order valence-electron chi connectivity index (χ2n) is 8.08. The van der Waals surface area contributed by atoms with Gasteiger partial charge in [-0.1, -0.05) is 42.0 Å². The number of hydrogen-bond acceptors (Lipinski definition) is 3. The standard InChI is InChI=1S/C28H26ClFN4O2/c1-19(32-18-33-24-7-3-5-21(8-9-24)22-13-26(16-35)31-15-22)34-25-10-11-28(27(29)14-25)36-17-20-4-2-6-23(30)12-20/h2,4-15,18,31,35H,3,16-17H2,1H3,(H,32,33,34). The fourth-order valence-corrected chi connectivity index (χ4v) is 3.77. The van der Waals surface area contributed by atoms with Crippen molar-refractivity contribution in [2.45, 2.75) is 26.6 Å². The molecule has 0 atom stereocenters. The summed E-state index contributed by atoms with van der Waals surface area (Å²) in [6, 6.07) is 13.5. The van der Waals surface area contributed by atoms with Crippen molar-refractivity contribution in [3.63, 3.8) is 0 Å². The van der Waals surface area contributed by atoms with Crippen molar-refractivity contribution in [1.29, 1.82) is 0 Å². The number of allylic oxidation sites excluding steroid dienone is 5. The highest BCUT2D eigenvalue weighted by atomic mass is 35.5. The van der Waals surface area contributed by atoms with Crippen LogP contribution in [-0.2, 0) is 13.2 Å². The molecular formula is C28H26ClFN4O2. The Morgan fingerprint density at radius 3 is 2.86 bits per heavy atom. The van der Waals surface area contributed by atoms with E-state index < -0.39 is 0 Å². The van der Waals surface area contributed by atoms with Crippen LogP contribution in [-0.4, -0.2) is 22.3 Å². The summed E-state index contributed by atoms with van der Waals surface area (Å²) in [5.41, 5.74) is 5.15. The fraction of sp³-hybridized carbons (Fsp3) is 0.143. The van der Waals surface area contributed by atoms with Gasteiger partial charge in [-0.2, -0.15) is 0 Å². The van der Waals surface area contributed by atoms with E-state index >= 15 is 0 Å². The average Bonchev–Trinajstić information content (AvgIpc) is 3.22. The van der Waals surface area contributed by atoms with Crippen LogP contribution in [0.2, 0.25) is 5.02 Å². The number of ether oxygens (including phenoxy) is 1. The molecule has 8 heteroatoms. The van der Waals surface area contributed by atoms with Gasteiger partial charge in [-0.3, -0.25) is 0 Å². The van der Waals surface area contributed by atoms with E-state index in [0.29, 0.717) is 16.6 Å². The summed E-state index contributed by atoms with van der Waals surface area (Å²) in [6.07, 6.45) is 12.2. The SMILES string of the molecule is CC(=NC=NC1=CCC=C(c2c[nH]c(CO)c2)C=C1)Nc1ccc(OCc2cccc(F)c2)c(Cl)c1. The molecule has 0 radical (unpaired) electrons. The first kappa shape index (κ1) is 25.2. The smallest absolute Gasteiger partial charge is 0.138 e. The Labute approximate surface area is 214 Å². The number of benzene rings is 2. The number of aromatic amines is 1. The number of anilines is 1. The van der Waals surface area contributed by atoms with Gasteiger partial charge in [0, 0.05) is 17.6 Å². The van der Waals surface area contributed by atoms with Crippen LogP contribution in [0.1, 0.15) is 30.2 Å². The van der Waals surface area contributed by atoms with Crippen LogP contribution in [0.15, 0.2) is 94.7 Å². The molecule has 0 saturated carbocycles. The molecule has 1 heterocycles. The minimum Gasteiger partial charge on any atom is -0.487 e. The number of rotatable bonds is 8. The Kier molecular flexibility index (Phi) is 8.49. The molecule has 0 unspecified atom stereocenters. The molecule has 1 aliphatic rings. The molecule has 0 amide bonds. The summed E-state index contributed by atoms with van der Waals surface area (Å²) in [4.78, 5) is 11.8. The lowest BCUT2D eigenvalue weighted by Gasteiger charge is -2.11. The van der Waals surface area contributed by atoms with Crippen LogP contribution >= 0.6 is 11.6 Å². The Bertz CT molecular complexity index is 1370. The van der Waals surface area contributed by atoms with Gasteiger partial charge in [-0.25, -0.2) is 14.4 Å². The van der Waals surface area contributed by atoms with Crippen molar-refractivity contribution in [2.24, 2.45) is 9.98 Å². The van der Waals surface area contributed by atoms with E-state index in [1.807, 2.05) is 43.5 Å². The quantitative estimate of drug-likeness (QED) is 0.237. The van der Waals surface area contributed by atoms with E-state index in [-0.39, 0.29) is 19.0 Å². The van der Waals surface area contributed by atoms with Gasteiger partial charge in [-0.15, -0.1) is 0 Å². The Morgan fingerprint density at radius 2 is 2.08 bits per heavy atom. The zero-order valence-corrected chi connectivity index (χ0v) is 20.5. The maximum absolute atomic E-state index is 13.3. The maximum atomic E-state index is 13.3. The average molecular weight is 505 g/mol. The molecule has 3 aromatic rings. The lowest BCUT2D eigenvalue weighted by Crippen LogP contribution is -2.07. The monoisotopic (exact) mass is 504 g/mol. The fourth-order valence-electron chi connectivity index (χ4n) is 3.53. The summed E-state index contributed by atoms with van der Waals surface area (Å²) >= 11 is 6.36. The van der Waals surface area contributed by atoms with E-state index in [9.17, 15) is 9.50 Å². The highest BCUT2D eigenvalue weighted by molar-refractivity contribution is 6.32. The van der Waals surface area contributed by atoms with Gasteiger partial charge in [0.15, 0.2) is 0 Å². The molecule has 3 N–H and O–H groups in total. The third-order valence-electron chi connectivity index (χ3n) is 5.34. The number of aliphatic hydroxyl groups is 1. The molecule has 1 aromatic heterocycles. The van der Waals surface area contributed by atoms with E-state index in [2.05, 4.69) is 26.4 Å². The van der Waals surface area contributed by atoms with E-state index in [1.165, 1.54) is 18.5 Å². The normalized spacial score (nSPS) is 13.9. The summed E-state index contributed by atoms with van der Waals surface area (Å²) < 4.78 is 19.0. The van der Waals surface area contributed by atoms with Crippen LogP contribution in [0.25, 0.3) is 5.57 Å². The van der Waals surface area contributed by atoms with E-state index in [1.54, 1.807) is 24.3 Å². The molecule has 6 nitrogen and oxygen atoms in total. The zero-order valence-electron chi connectivity index (χ0n) is 19.7. The third-order valence-corrected chi connectivity index (χ3v) is 5.64. The number of amidine groups is 1. The molecular weight excluding hydrogens is 479 g/mol. The Morgan fingerprint density at radius 1 is 1.19 bits per heavy atom. The van der Waals surface area contributed by atoms with Gasteiger partial charge in [0.2, 0.25) is 0 Å². The number of nitrogens with one attached hydrogen (secondary N) is 2. The molecule has 184 valence electrons. The van der Waals surface area contributed by atoms with Crippen LogP contribution < -0.4 is 10.1 Å². The van der Waals surface area contributed by atoms with Crippen molar-refractivity contribution in [2.75, 3.05) is 5.32 Å². The van der Waals surface area contributed by atoms with Crippen molar-refractivity contribution < 1.29 is 14.2 Å². The number of aromatic nitrogens is 1. The van der Waals surface area contributed by atoms with Crippen molar-refractivity contribution in [3.05, 3.63) is 112 Å². The van der Waals surface area contributed by atoms with Crippen molar-refractivity contribution >= 4 is 35.0 Å². The first-order chi connectivity index (χ1) is 17.5. The van der Waals surface area contributed by atoms with Gasteiger partial charge in [0.25, 0.3) is 0 Å². The summed E-state index contributed by atoms with van der Waals surface area (Å²) in [7, 11) is 0. The highest BCUT2D eigenvalue weighted by Gasteiger charge is 2.06. The number of halogens is 2. The summed E-state index contributed by atoms with van der Waals surface area (Å²) in [6.45, 7) is 2.03. The predicted octanol–water partition coefficient (Wildman–Crippen LogP) is 6.66. The molecule has 0 bridgehead atoms. The van der Waals surface area contributed by atoms with Crippen molar-refractivity contribution in [1.82, 2.24) is 4.98 Å². The summed E-state index contributed by atoms with van der Waals surface area (Å²) in [5, 5.41) is 12.8. The zero-order chi connectivity index (χ0) is 25.3. The highest BCUT2D eigenvalue weighted by Crippen LogP contribution is 2.28. The lowest BCUT2D eigenvalue weighted by atomic mass is 10.1. The molecule has 0 spiro atoms. The number of aliphatic hydroxyl groups excluding tert-OH is 1. The van der Waals surface area contributed by atoms with Gasteiger partial charge in [0.1, 0.15) is 30.3 Å². The van der Waals surface area contributed by atoms with Crippen LogP contribution in [0, 0.1) is 5.82 Å². The minimum absolute atomic E-state index is 0.0170.